The van der Waals surface area contributed by atoms with Crippen LogP contribution in [0.1, 0.15) is 34.7 Å². The molecule has 9 nitrogen and oxygen atoms in total. The Morgan fingerprint density at radius 1 is 1.18 bits per heavy atom. The maximum absolute atomic E-state index is 12.9. The minimum absolute atomic E-state index is 0.0699. The van der Waals surface area contributed by atoms with Crippen molar-refractivity contribution in [3.05, 3.63) is 77.0 Å². The molecule has 0 aliphatic heterocycles. The highest BCUT2D eigenvalue weighted by molar-refractivity contribution is 5.91. The van der Waals surface area contributed by atoms with Crippen LogP contribution in [-0.2, 0) is 27.2 Å². The first-order chi connectivity index (χ1) is 16.4. The molecule has 9 heteroatoms. The van der Waals surface area contributed by atoms with Gasteiger partial charge in [0.2, 0.25) is 5.91 Å². The van der Waals surface area contributed by atoms with Crippen molar-refractivity contribution in [2.45, 2.75) is 31.3 Å². The second-order valence-corrected chi connectivity index (χ2v) is 8.25. The number of nitrogens with one attached hydrogen (secondary N) is 4. The molecule has 2 amide bonds. The third-order valence-corrected chi connectivity index (χ3v) is 6.01. The van der Waals surface area contributed by atoms with E-state index in [0.29, 0.717) is 6.42 Å². The van der Waals surface area contributed by atoms with Crippen LogP contribution in [0.15, 0.2) is 54.7 Å². The fourth-order valence-electron chi connectivity index (χ4n) is 4.40. The van der Waals surface area contributed by atoms with E-state index >= 15 is 0 Å². The summed E-state index contributed by atoms with van der Waals surface area (Å²) in [5.41, 5.74) is 6.52. The number of fused-ring (bicyclic) bond motifs is 2. The zero-order valence-electron chi connectivity index (χ0n) is 18.4. The molecule has 0 bridgehead atoms. The Morgan fingerprint density at radius 2 is 2.00 bits per heavy atom. The number of aromatic nitrogens is 1. The van der Waals surface area contributed by atoms with Crippen LogP contribution in [0.3, 0.4) is 0 Å². The van der Waals surface area contributed by atoms with Crippen molar-refractivity contribution >= 4 is 34.8 Å². The molecule has 2 atom stereocenters. The van der Waals surface area contributed by atoms with E-state index in [0.717, 1.165) is 46.0 Å². The van der Waals surface area contributed by atoms with Crippen molar-refractivity contribution in [2.24, 2.45) is 0 Å². The van der Waals surface area contributed by atoms with Gasteiger partial charge in [-0.2, -0.15) is 0 Å². The molecular formula is C25H26N4O5. The van der Waals surface area contributed by atoms with Crippen LogP contribution in [0, 0.1) is 0 Å². The smallest absolute Gasteiger partial charge is 0.322 e. The fraction of sp³-hybridized carbons (Fsp3) is 0.240. The third-order valence-electron chi connectivity index (χ3n) is 6.01. The lowest BCUT2D eigenvalue weighted by atomic mass is 10.0. The molecule has 176 valence electrons. The Morgan fingerprint density at radius 3 is 2.79 bits per heavy atom. The summed E-state index contributed by atoms with van der Waals surface area (Å²) in [6, 6.07) is 13.0. The van der Waals surface area contributed by atoms with Crippen LogP contribution in [-0.4, -0.2) is 45.7 Å². The van der Waals surface area contributed by atoms with Crippen LogP contribution in [0.2, 0.25) is 0 Å². The van der Waals surface area contributed by atoms with Gasteiger partial charge in [0.1, 0.15) is 6.54 Å². The number of aliphatic carboxylic acids is 1. The Bertz CT molecular complexity index is 1250. The van der Waals surface area contributed by atoms with Gasteiger partial charge in [-0.25, -0.2) is 5.48 Å². The predicted molar refractivity (Wildman–Crippen MR) is 126 cm³/mol. The lowest BCUT2D eigenvalue weighted by molar-refractivity contribution is -0.138. The number of carboxylic acid groups (broad SMARTS) is 1. The highest BCUT2D eigenvalue weighted by atomic mass is 16.5. The average Bonchev–Trinajstić information content (AvgIpc) is 3.44. The van der Waals surface area contributed by atoms with Gasteiger partial charge in [0, 0.05) is 29.2 Å². The van der Waals surface area contributed by atoms with E-state index in [-0.39, 0.29) is 11.9 Å². The van der Waals surface area contributed by atoms with Crippen molar-refractivity contribution in [1.29, 1.82) is 0 Å². The van der Waals surface area contributed by atoms with Crippen LogP contribution in [0.25, 0.3) is 17.0 Å². The van der Waals surface area contributed by atoms with E-state index in [9.17, 15) is 14.4 Å². The summed E-state index contributed by atoms with van der Waals surface area (Å²) in [5.74, 6) is -2.07. The standard InChI is InChI=1S/C25H26N4O5/c30-23(29-34)10-6-15-5-8-19-16(11-15)7-9-21(19)28-22(25(33)27-14-24(31)32)12-17-13-26-20-4-2-1-3-18(17)20/h1-6,8,10-11,13,21-22,26,28,34H,7,9,12,14H2,(H,27,33)(H,29,30)(H,31,32)/b10-6+/t21?,22-/m0/s1. The summed E-state index contributed by atoms with van der Waals surface area (Å²) in [4.78, 5) is 38.4. The Hall–Kier alpha value is -3.95. The topological polar surface area (TPSA) is 144 Å². The molecule has 1 aliphatic rings. The largest absolute Gasteiger partial charge is 0.480 e. The van der Waals surface area contributed by atoms with Crippen LogP contribution < -0.4 is 16.1 Å². The van der Waals surface area contributed by atoms with Gasteiger partial charge in [0.05, 0.1) is 6.04 Å². The van der Waals surface area contributed by atoms with Gasteiger partial charge >= 0.3 is 5.97 Å². The zero-order chi connectivity index (χ0) is 24.1. The Kier molecular flexibility index (Phi) is 7.05. The summed E-state index contributed by atoms with van der Waals surface area (Å²) in [7, 11) is 0. The minimum Gasteiger partial charge on any atom is -0.480 e. The highest BCUT2D eigenvalue weighted by Crippen LogP contribution is 2.33. The number of hydrogen-bond donors (Lipinski definition) is 6. The number of H-pyrrole nitrogens is 1. The van der Waals surface area contributed by atoms with Crippen LogP contribution >= 0.6 is 0 Å². The molecule has 1 unspecified atom stereocenters. The fourth-order valence-corrected chi connectivity index (χ4v) is 4.40. The molecular weight excluding hydrogens is 436 g/mol. The third kappa shape index (κ3) is 5.33. The van der Waals surface area contributed by atoms with Crippen molar-refractivity contribution in [3.8, 4) is 0 Å². The monoisotopic (exact) mass is 462 g/mol. The summed E-state index contributed by atoms with van der Waals surface area (Å²) < 4.78 is 0. The molecule has 0 saturated heterocycles. The maximum Gasteiger partial charge on any atom is 0.322 e. The number of aryl methyl sites for hydroxylation is 1. The Labute approximate surface area is 195 Å². The predicted octanol–water partition coefficient (Wildman–Crippen LogP) is 2.08. The average molecular weight is 463 g/mol. The SMILES string of the molecule is O=C(O)CNC(=O)[C@H](Cc1c[nH]c2ccccc12)NC1CCc2cc(/C=C/C(=O)NO)ccc21. The molecule has 1 heterocycles. The minimum atomic E-state index is -1.10. The molecule has 2 aromatic carbocycles. The molecule has 3 aromatic rings. The number of benzene rings is 2. The number of rotatable bonds is 9. The summed E-state index contributed by atoms with van der Waals surface area (Å²) >= 11 is 0. The number of amides is 2. The number of carbonyl (C=O) groups is 3. The van der Waals surface area contributed by atoms with Crippen molar-refractivity contribution in [3.63, 3.8) is 0 Å². The van der Waals surface area contributed by atoms with Gasteiger partial charge in [-0.1, -0.05) is 36.4 Å². The van der Waals surface area contributed by atoms with Crippen molar-refractivity contribution in [1.82, 2.24) is 21.1 Å². The van der Waals surface area contributed by atoms with Crippen molar-refractivity contribution < 1.29 is 24.7 Å². The molecule has 1 aromatic heterocycles. The van der Waals surface area contributed by atoms with Crippen molar-refractivity contribution in [2.75, 3.05) is 6.54 Å². The zero-order valence-corrected chi connectivity index (χ0v) is 18.4. The summed E-state index contributed by atoms with van der Waals surface area (Å²) in [5, 5.41) is 24.6. The van der Waals surface area contributed by atoms with Crippen LogP contribution in [0.4, 0.5) is 0 Å². The second kappa shape index (κ2) is 10.3. The van der Waals surface area contributed by atoms with Gasteiger partial charge in [-0.05, 0) is 53.7 Å². The molecule has 0 spiro atoms. The van der Waals surface area contributed by atoms with E-state index in [2.05, 4.69) is 15.6 Å². The maximum atomic E-state index is 12.9. The molecule has 0 fully saturated rings. The number of hydrogen-bond acceptors (Lipinski definition) is 5. The molecule has 4 rings (SSSR count). The number of hydroxylamine groups is 1. The quantitative estimate of drug-likeness (QED) is 0.163. The molecule has 6 N–H and O–H groups in total. The van der Waals surface area contributed by atoms with Gasteiger partial charge in [0.25, 0.3) is 5.91 Å². The van der Waals surface area contributed by atoms with E-state index < -0.39 is 24.5 Å². The molecule has 0 saturated carbocycles. The lowest BCUT2D eigenvalue weighted by Gasteiger charge is -2.23. The molecule has 1 aliphatic carbocycles. The number of carbonyl (C=O) groups excluding carboxylic acids is 2. The van der Waals surface area contributed by atoms with Gasteiger partial charge in [-0.3, -0.25) is 24.9 Å². The van der Waals surface area contributed by atoms with E-state index in [4.69, 9.17) is 10.3 Å². The number of carboxylic acids is 1. The highest BCUT2D eigenvalue weighted by Gasteiger charge is 2.29. The van der Waals surface area contributed by atoms with Crippen LogP contribution in [0.5, 0.6) is 0 Å². The lowest BCUT2D eigenvalue weighted by Crippen LogP contribution is -2.47. The molecule has 0 radical (unpaired) electrons. The first kappa shape index (κ1) is 23.2. The number of para-hydroxylation sites is 1. The van der Waals surface area contributed by atoms with Gasteiger partial charge in [0.15, 0.2) is 0 Å². The van der Waals surface area contributed by atoms with E-state index in [1.807, 2.05) is 48.7 Å². The summed E-state index contributed by atoms with van der Waals surface area (Å²) in [6.07, 6.45) is 6.74. The normalized spacial score (nSPS) is 15.9. The first-order valence-corrected chi connectivity index (χ1v) is 11.0. The van der Waals surface area contributed by atoms with E-state index in [1.165, 1.54) is 6.08 Å². The molecule has 34 heavy (non-hydrogen) atoms. The summed E-state index contributed by atoms with van der Waals surface area (Å²) in [6.45, 7) is -0.441. The van der Waals surface area contributed by atoms with E-state index in [1.54, 1.807) is 11.6 Å². The first-order valence-electron chi connectivity index (χ1n) is 11.0. The Balaban J connectivity index is 1.54. The van der Waals surface area contributed by atoms with Gasteiger partial charge < -0.3 is 15.4 Å². The second-order valence-electron chi connectivity index (χ2n) is 8.25. The van der Waals surface area contributed by atoms with Gasteiger partial charge in [-0.15, -0.1) is 0 Å². The number of aromatic amines is 1.